The maximum absolute atomic E-state index is 12.4. The molecule has 0 saturated carbocycles. The largest absolute Gasteiger partial charge is 0.236 e. The molecule has 0 aliphatic carbocycles. The molecule has 0 bridgehead atoms. The van der Waals surface area contributed by atoms with Crippen molar-refractivity contribution in [2.45, 2.75) is 9.92 Å². The van der Waals surface area contributed by atoms with Gasteiger partial charge in [0.1, 0.15) is 5.02 Å². The van der Waals surface area contributed by atoms with E-state index in [4.69, 9.17) is 11.6 Å². The van der Waals surface area contributed by atoms with Crippen LogP contribution in [0.3, 0.4) is 0 Å². The van der Waals surface area contributed by atoms with Crippen LogP contribution in [0.4, 0.5) is 0 Å². The molecule has 19 heavy (non-hydrogen) atoms. The molecule has 3 aromatic rings. The van der Waals surface area contributed by atoms with Gasteiger partial charge >= 0.3 is 0 Å². The average Bonchev–Trinajstić information content (AvgIpc) is 2.78. The second-order valence-electron chi connectivity index (χ2n) is 3.82. The molecule has 0 amide bonds. The normalized spacial score (nSPS) is 11.8. The molecule has 96 valence electrons. The van der Waals surface area contributed by atoms with E-state index in [1.165, 1.54) is 22.8 Å². The predicted octanol–water partition coefficient (Wildman–Crippen LogP) is 2.22. The molecule has 0 saturated heterocycles. The lowest BCUT2D eigenvalue weighted by molar-refractivity contribution is 0.591. The number of nitrogens with zero attached hydrogens (tertiary/aromatic N) is 3. The topological polar surface area (TPSA) is 64.3 Å². The second kappa shape index (κ2) is 4.32. The Kier molecular flexibility index (Phi) is 2.76. The fraction of sp³-hybridized carbons (Fsp3) is 0. The van der Waals surface area contributed by atoms with E-state index in [1.807, 2.05) is 0 Å². The van der Waals surface area contributed by atoms with E-state index < -0.39 is 9.84 Å². The summed E-state index contributed by atoms with van der Waals surface area (Å²) in [5.74, 6) is 0. The molecule has 0 unspecified atom stereocenters. The Morgan fingerprint density at radius 1 is 1.11 bits per heavy atom. The van der Waals surface area contributed by atoms with Crippen molar-refractivity contribution in [3.8, 4) is 0 Å². The van der Waals surface area contributed by atoms with Crippen LogP contribution in [0.1, 0.15) is 0 Å². The summed E-state index contributed by atoms with van der Waals surface area (Å²) in [7, 11) is -3.74. The summed E-state index contributed by atoms with van der Waals surface area (Å²) >= 11 is 6.07. The Bertz CT molecular complexity index is 844. The molecule has 0 fully saturated rings. The lowest BCUT2D eigenvalue weighted by Crippen LogP contribution is -2.03. The number of sulfone groups is 1. The highest BCUT2D eigenvalue weighted by Crippen LogP contribution is 2.28. The lowest BCUT2D eigenvalue weighted by atomic mass is 10.4. The molecular weight excluding hydrogens is 286 g/mol. The highest BCUT2D eigenvalue weighted by atomic mass is 35.5. The van der Waals surface area contributed by atoms with Crippen molar-refractivity contribution in [2.75, 3.05) is 0 Å². The number of benzene rings is 1. The summed E-state index contributed by atoms with van der Waals surface area (Å²) in [5, 5.41) is 3.85. The minimum Gasteiger partial charge on any atom is -0.236 e. The van der Waals surface area contributed by atoms with Gasteiger partial charge in [-0.1, -0.05) is 29.8 Å². The summed E-state index contributed by atoms with van der Waals surface area (Å²) < 4.78 is 26.2. The van der Waals surface area contributed by atoms with Crippen LogP contribution in [-0.4, -0.2) is 23.0 Å². The summed E-state index contributed by atoms with van der Waals surface area (Å²) in [6.45, 7) is 0. The highest BCUT2D eigenvalue weighted by molar-refractivity contribution is 7.91. The van der Waals surface area contributed by atoms with E-state index in [1.54, 1.807) is 30.5 Å². The number of fused-ring (bicyclic) bond motifs is 1. The van der Waals surface area contributed by atoms with E-state index in [2.05, 4.69) is 10.1 Å². The Morgan fingerprint density at radius 2 is 1.84 bits per heavy atom. The predicted molar refractivity (Wildman–Crippen MR) is 69.9 cm³/mol. The molecule has 0 N–H and O–H groups in total. The fourth-order valence-electron chi connectivity index (χ4n) is 1.72. The first-order chi connectivity index (χ1) is 9.10. The van der Waals surface area contributed by atoms with Gasteiger partial charge in [-0.3, -0.25) is 0 Å². The molecule has 0 spiro atoms. The van der Waals surface area contributed by atoms with Crippen LogP contribution in [0, 0.1) is 0 Å². The fourth-order valence-corrected chi connectivity index (χ4v) is 3.46. The number of hydrogen-bond donors (Lipinski definition) is 0. The molecule has 0 aliphatic rings. The van der Waals surface area contributed by atoms with E-state index in [0.29, 0.717) is 5.65 Å². The second-order valence-corrected chi connectivity index (χ2v) is 6.07. The molecule has 7 heteroatoms. The number of hydrogen-bond acceptors (Lipinski definition) is 4. The number of rotatable bonds is 2. The third-order valence-electron chi connectivity index (χ3n) is 2.62. The van der Waals surface area contributed by atoms with Gasteiger partial charge in [-0.05, 0) is 18.2 Å². The van der Waals surface area contributed by atoms with E-state index in [9.17, 15) is 8.42 Å². The van der Waals surface area contributed by atoms with Gasteiger partial charge in [0.05, 0.1) is 4.90 Å². The first-order valence-corrected chi connectivity index (χ1v) is 7.26. The van der Waals surface area contributed by atoms with Gasteiger partial charge in [0, 0.05) is 12.4 Å². The third kappa shape index (κ3) is 1.89. The summed E-state index contributed by atoms with van der Waals surface area (Å²) in [5.41, 5.74) is 0.318. The Morgan fingerprint density at radius 3 is 2.53 bits per heavy atom. The van der Waals surface area contributed by atoms with E-state index in [0.717, 1.165) is 0 Å². The molecule has 5 nitrogen and oxygen atoms in total. The monoisotopic (exact) mass is 293 g/mol. The van der Waals surface area contributed by atoms with Crippen molar-refractivity contribution in [2.24, 2.45) is 0 Å². The minimum atomic E-state index is -3.74. The minimum absolute atomic E-state index is 0.0319. The molecule has 1 aromatic carbocycles. The van der Waals surface area contributed by atoms with Crippen molar-refractivity contribution in [1.29, 1.82) is 0 Å². The zero-order chi connectivity index (χ0) is 13.5. The molecule has 0 atom stereocenters. The van der Waals surface area contributed by atoms with Crippen molar-refractivity contribution in [3.05, 3.63) is 53.8 Å². The van der Waals surface area contributed by atoms with Gasteiger partial charge in [0.25, 0.3) is 0 Å². The number of halogens is 1. The van der Waals surface area contributed by atoms with E-state index in [-0.39, 0.29) is 14.9 Å². The molecule has 2 heterocycles. The Balaban J connectivity index is 2.28. The van der Waals surface area contributed by atoms with Crippen LogP contribution < -0.4 is 0 Å². The van der Waals surface area contributed by atoms with Gasteiger partial charge in [-0.15, -0.1) is 0 Å². The molecule has 0 radical (unpaired) electrons. The SMILES string of the molecule is O=S(=O)(c1ccccc1)c1nn2cccnc2c1Cl. The lowest BCUT2D eigenvalue weighted by Gasteiger charge is -2.00. The van der Waals surface area contributed by atoms with Gasteiger partial charge in [0.15, 0.2) is 5.65 Å². The first-order valence-electron chi connectivity index (χ1n) is 5.40. The van der Waals surface area contributed by atoms with Gasteiger partial charge < -0.3 is 0 Å². The third-order valence-corrected chi connectivity index (χ3v) is 4.77. The summed E-state index contributed by atoms with van der Waals surface area (Å²) in [6.07, 6.45) is 3.13. The zero-order valence-electron chi connectivity index (χ0n) is 9.56. The van der Waals surface area contributed by atoms with Crippen molar-refractivity contribution >= 4 is 27.1 Å². The molecule has 3 rings (SSSR count). The van der Waals surface area contributed by atoms with Gasteiger partial charge in [-0.2, -0.15) is 5.10 Å². The smallest absolute Gasteiger partial charge is 0.227 e. The first kappa shape index (κ1) is 12.1. The van der Waals surface area contributed by atoms with Crippen molar-refractivity contribution < 1.29 is 8.42 Å². The van der Waals surface area contributed by atoms with Crippen LogP contribution in [0.5, 0.6) is 0 Å². The molecule has 0 aliphatic heterocycles. The van der Waals surface area contributed by atoms with Gasteiger partial charge in [-0.25, -0.2) is 17.9 Å². The van der Waals surface area contributed by atoms with Crippen LogP contribution in [0.15, 0.2) is 58.7 Å². The maximum Gasteiger partial charge on any atom is 0.227 e. The highest BCUT2D eigenvalue weighted by Gasteiger charge is 2.26. The van der Waals surface area contributed by atoms with Gasteiger partial charge in [0.2, 0.25) is 14.9 Å². The van der Waals surface area contributed by atoms with Crippen LogP contribution in [0.25, 0.3) is 5.65 Å². The summed E-state index contributed by atoms with van der Waals surface area (Å²) in [6, 6.07) is 9.69. The summed E-state index contributed by atoms with van der Waals surface area (Å²) in [4.78, 5) is 4.17. The standard InChI is InChI=1S/C12H8ClN3O2S/c13-10-11-14-7-4-8-16(11)15-12(10)19(17,18)9-5-2-1-3-6-9/h1-8H. The quantitative estimate of drug-likeness (QED) is 0.727. The Labute approximate surface area is 114 Å². The molecular formula is C12H8ClN3O2S. The van der Waals surface area contributed by atoms with Crippen LogP contribution in [-0.2, 0) is 9.84 Å². The zero-order valence-corrected chi connectivity index (χ0v) is 11.1. The Hall–Kier alpha value is -1.92. The van der Waals surface area contributed by atoms with E-state index >= 15 is 0 Å². The molecule has 2 aromatic heterocycles. The maximum atomic E-state index is 12.4. The van der Waals surface area contributed by atoms with Crippen LogP contribution in [0.2, 0.25) is 5.02 Å². The number of aromatic nitrogens is 3. The van der Waals surface area contributed by atoms with Crippen molar-refractivity contribution in [3.63, 3.8) is 0 Å². The average molecular weight is 294 g/mol. The van der Waals surface area contributed by atoms with Crippen molar-refractivity contribution in [1.82, 2.24) is 14.6 Å². The van der Waals surface area contributed by atoms with Crippen LogP contribution >= 0.6 is 11.6 Å².